The van der Waals surface area contributed by atoms with Crippen molar-refractivity contribution in [1.29, 1.82) is 0 Å². The van der Waals surface area contributed by atoms with Gasteiger partial charge in [-0.15, -0.1) is 0 Å². The largest absolute Gasteiger partial charge is 0.371 e. The Morgan fingerprint density at radius 2 is 1.86 bits per heavy atom. The van der Waals surface area contributed by atoms with Crippen LogP contribution in [0.25, 0.3) is 0 Å². The van der Waals surface area contributed by atoms with Crippen molar-refractivity contribution in [3.63, 3.8) is 0 Å². The maximum Gasteiger partial charge on any atom is 0.261 e. The van der Waals surface area contributed by atoms with Crippen LogP contribution in [0.1, 0.15) is 21.5 Å². The zero-order valence-electron chi connectivity index (χ0n) is 12.6. The Bertz CT molecular complexity index is 665. The van der Waals surface area contributed by atoms with Gasteiger partial charge in [0, 0.05) is 26.0 Å². The minimum Gasteiger partial charge on any atom is -0.371 e. The number of aryl methyl sites for hydroxylation is 2. The first kappa shape index (κ1) is 15.0. The number of carbonyl (C=O) groups excluding carboxylic acids is 1. The van der Waals surface area contributed by atoms with Crippen LogP contribution in [0.5, 0.6) is 0 Å². The Morgan fingerprint density at radius 1 is 1.24 bits per heavy atom. The summed E-state index contributed by atoms with van der Waals surface area (Å²) in [6, 6.07) is 7.19. The summed E-state index contributed by atoms with van der Waals surface area (Å²) in [6.07, 6.45) is 1.41. The molecule has 0 aliphatic carbocycles. The third kappa shape index (κ3) is 3.02. The molecule has 21 heavy (non-hydrogen) atoms. The minimum atomic E-state index is -0.638. The van der Waals surface area contributed by atoms with E-state index in [1.807, 2.05) is 32.0 Å². The van der Waals surface area contributed by atoms with Gasteiger partial charge in [0.05, 0.1) is 5.56 Å². The molecule has 0 aliphatic heterocycles. The second-order valence-corrected chi connectivity index (χ2v) is 4.98. The van der Waals surface area contributed by atoms with E-state index in [0.717, 1.165) is 16.8 Å². The van der Waals surface area contributed by atoms with Gasteiger partial charge in [-0.05, 0) is 43.2 Å². The van der Waals surface area contributed by atoms with Gasteiger partial charge >= 0.3 is 0 Å². The number of nitrogens with one attached hydrogen (secondary N) is 1. The molecule has 2 rings (SSSR count). The van der Waals surface area contributed by atoms with Crippen molar-refractivity contribution in [1.82, 2.24) is 4.98 Å². The molecule has 0 fully saturated rings. The number of hydrogen-bond donors (Lipinski definition) is 1. The van der Waals surface area contributed by atoms with Crippen LogP contribution in [-0.4, -0.2) is 25.0 Å². The lowest BCUT2D eigenvalue weighted by molar-refractivity contribution is 0.0989. The van der Waals surface area contributed by atoms with Crippen LogP contribution in [0, 0.1) is 19.7 Å². The van der Waals surface area contributed by atoms with E-state index in [2.05, 4.69) is 10.3 Å². The van der Waals surface area contributed by atoms with Gasteiger partial charge in [0.15, 0.2) is 11.6 Å². The average Bonchev–Trinajstić information content (AvgIpc) is 2.45. The summed E-state index contributed by atoms with van der Waals surface area (Å²) in [7, 11) is 3.20. The van der Waals surface area contributed by atoms with E-state index in [-0.39, 0.29) is 11.4 Å². The lowest BCUT2D eigenvalue weighted by atomic mass is 10.1. The smallest absolute Gasteiger partial charge is 0.261 e. The average molecular weight is 287 g/mol. The predicted molar refractivity (Wildman–Crippen MR) is 82.4 cm³/mol. The number of hydrogen-bond acceptors (Lipinski definition) is 3. The Hall–Kier alpha value is -2.43. The van der Waals surface area contributed by atoms with Gasteiger partial charge in [-0.3, -0.25) is 4.79 Å². The first-order chi connectivity index (χ1) is 9.93. The van der Waals surface area contributed by atoms with Crippen molar-refractivity contribution in [3.8, 4) is 0 Å². The summed E-state index contributed by atoms with van der Waals surface area (Å²) in [4.78, 5) is 17.8. The Balaban J connectivity index is 2.39. The molecular formula is C16H18FN3O. The molecule has 0 unspecified atom stereocenters. The highest BCUT2D eigenvalue weighted by atomic mass is 19.1. The molecule has 4 nitrogen and oxygen atoms in total. The van der Waals surface area contributed by atoms with Crippen LogP contribution >= 0.6 is 0 Å². The number of rotatable bonds is 3. The summed E-state index contributed by atoms with van der Waals surface area (Å²) in [6.45, 7) is 3.92. The predicted octanol–water partition coefficient (Wildman–Crippen LogP) is 3.16. The highest BCUT2D eigenvalue weighted by molar-refractivity contribution is 6.06. The van der Waals surface area contributed by atoms with Gasteiger partial charge in [-0.2, -0.15) is 0 Å². The molecule has 1 amide bonds. The van der Waals surface area contributed by atoms with E-state index < -0.39 is 11.7 Å². The topological polar surface area (TPSA) is 45.2 Å². The van der Waals surface area contributed by atoms with Gasteiger partial charge in [-0.1, -0.05) is 6.07 Å². The highest BCUT2D eigenvalue weighted by Gasteiger charge is 2.20. The van der Waals surface area contributed by atoms with Crippen LogP contribution in [0.4, 0.5) is 15.9 Å². The fourth-order valence-electron chi connectivity index (χ4n) is 2.23. The molecule has 1 heterocycles. The molecule has 1 aromatic heterocycles. The minimum absolute atomic E-state index is 0.00370. The molecule has 110 valence electrons. The lowest BCUT2D eigenvalue weighted by Crippen LogP contribution is -2.27. The third-order valence-corrected chi connectivity index (χ3v) is 3.25. The zero-order chi connectivity index (χ0) is 15.6. The number of benzene rings is 1. The molecule has 2 aromatic rings. The van der Waals surface area contributed by atoms with E-state index in [0.29, 0.717) is 0 Å². The van der Waals surface area contributed by atoms with Crippen molar-refractivity contribution >= 4 is 17.4 Å². The quantitative estimate of drug-likeness (QED) is 0.943. The van der Waals surface area contributed by atoms with Crippen molar-refractivity contribution in [3.05, 3.63) is 53.0 Å². The number of aromatic nitrogens is 1. The summed E-state index contributed by atoms with van der Waals surface area (Å²) < 4.78 is 14.2. The molecule has 1 N–H and O–H groups in total. The molecule has 0 aliphatic rings. The number of halogens is 1. The molecule has 0 saturated carbocycles. The summed E-state index contributed by atoms with van der Waals surface area (Å²) in [5, 5.41) is 2.63. The monoisotopic (exact) mass is 287 g/mol. The van der Waals surface area contributed by atoms with Crippen molar-refractivity contribution in [2.75, 3.05) is 24.3 Å². The van der Waals surface area contributed by atoms with Gasteiger partial charge in [0.25, 0.3) is 5.91 Å². The highest BCUT2D eigenvalue weighted by Crippen LogP contribution is 2.22. The van der Waals surface area contributed by atoms with E-state index in [1.165, 1.54) is 17.2 Å². The van der Waals surface area contributed by atoms with E-state index in [1.54, 1.807) is 14.1 Å². The number of nitrogens with zero attached hydrogens (tertiary/aromatic N) is 2. The molecule has 0 spiro atoms. The zero-order valence-corrected chi connectivity index (χ0v) is 12.6. The standard InChI is InChI=1S/C16H18FN3O/c1-10-7-11(2)9-12(8-10)20(4)16(21)13-5-6-19-15(18-3)14(13)17/h5-9H,1-4H3,(H,18,19). The summed E-state index contributed by atoms with van der Waals surface area (Å²) >= 11 is 0. The first-order valence-corrected chi connectivity index (χ1v) is 6.62. The number of anilines is 2. The molecule has 5 heteroatoms. The second kappa shape index (κ2) is 5.91. The second-order valence-electron chi connectivity index (χ2n) is 4.98. The van der Waals surface area contributed by atoms with Crippen molar-refractivity contribution in [2.45, 2.75) is 13.8 Å². The molecule has 1 aromatic carbocycles. The fourth-order valence-corrected chi connectivity index (χ4v) is 2.23. The van der Waals surface area contributed by atoms with Crippen molar-refractivity contribution in [2.24, 2.45) is 0 Å². The first-order valence-electron chi connectivity index (χ1n) is 6.62. The van der Waals surface area contributed by atoms with Gasteiger partial charge in [0.2, 0.25) is 0 Å². The van der Waals surface area contributed by atoms with Crippen LogP contribution in [-0.2, 0) is 0 Å². The normalized spacial score (nSPS) is 10.3. The Labute approximate surface area is 123 Å². The Kier molecular flexibility index (Phi) is 4.21. The van der Waals surface area contributed by atoms with Gasteiger partial charge in [0.1, 0.15) is 0 Å². The van der Waals surface area contributed by atoms with E-state index >= 15 is 0 Å². The molecule has 0 atom stereocenters. The number of pyridine rings is 1. The van der Waals surface area contributed by atoms with Crippen LogP contribution in [0.15, 0.2) is 30.5 Å². The van der Waals surface area contributed by atoms with Gasteiger partial charge < -0.3 is 10.2 Å². The molecule has 0 bridgehead atoms. The Morgan fingerprint density at radius 3 is 2.43 bits per heavy atom. The van der Waals surface area contributed by atoms with E-state index in [4.69, 9.17) is 0 Å². The molecule has 0 saturated heterocycles. The van der Waals surface area contributed by atoms with Crippen LogP contribution < -0.4 is 10.2 Å². The summed E-state index contributed by atoms with van der Waals surface area (Å²) in [5.74, 6) is -0.979. The third-order valence-electron chi connectivity index (χ3n) is 3.25. The number of amides is 1. The van der Waals surface area contributed by atoms with Crippen LogP contribution in [0.2, 0.25) is 0 Å². The van der Waals surface area contributed by atoms with Crippen molar-refractivity contribution < 1.29 is 9.18 Å². The maximum absolute atomic E-state index is 14.2. The lowest BCUT2D eigenvalue weighted by Gasteiger charge is -2.19. The fraction of sp³-hybridized carbons (Fsp3) is 0.250. The van der Waals surface area contributed by atoms with Crippen LogP contribution in [0.3, 0.4) is 0 Å². The van der Waals surface area contributed by atoms with E-state index in [9.17, 15) is 9.18 Å². The number of carbonyl (C=O) groups is 1. The SMILES string of the molecule is CNc1nccc(C(=O)N(C)c2cc(C)cc(C)c2)c1F. The maximum atomic E-state index is 14.2. The molecule has 0 radical (unpaired) electrons. The summed E-state index contributed by atoms with van der Waals surface area (Å²) in [5.41, 5.74) is 2.84. The van der Waals surface area contributed by atoms with Gasteiger partial charge in [-0.25, -0.2) is 9.37 Å². The molecular weight excluding hydrogens is 269 g/mol.